The molecule has 0 aliphatic heterocycles. The molecule has 2 aromatic heterocycles. The van der Waals surface area contributed by atoms with Crippen LogP contribution in [0.5, 0.6) is 0 Å². The zero-order chi connectivity index (χ0) is 14.0. The maximum atomic E-state index is 11.2. The predicted octanol–water partition coefficient (Wildman–Crippen LogP) is 1.71. The third-order valence-electron chi connectivity index (χ3n) is 2.34. The number of nitrogens with two attached hydrogens (primary N) is 1. The van der Waals surface area contributed by atoms with Crippen LogP contribution in [0.25, 0.3) is 0 Å². The summed E-state index contributed by atoms with van der Waals surface area (Å²) in [6, 6.07) is 2.85. The van der Waals surface area contributed by atoms with E-state index >= 15 is 0 Å². The fraction of sp³-hybridized carbons (Fsp3) is 0.182. The van der Waals surface area contributed by atoms with Gasteiger partial charge in [0.05, 0.1) is 0 Å². The highest BCUT2D eigenvalue weighted by molar-refractivity contribution is 7.98. The van der Waals surface area contributed by atoms with Crippen LogP contribution in [0, 0.1) is 6.92 Å². The van der Waals surface area contributed by atoms with Gasteiger partial charge in [-0.3, -0.25) is 4.79 Å². The molecule has 2 rings (SSSR count). The Labute approximate surface area is 116 Å². The largest absolute Gasteiger partial charge is 0.477 e. The fourth-order valence-corrected chi connectivity index (χ4v) is 3.34. The van der Waals surface area contributed by atoms with Crippen molar-refractivity contribution in [2.24, 2.45) is 0 Å². The van der Waals surface area contributed by atoms with Crippen molar-refractivity contribution in [2.75, 3.05) is 5.73 Å². The van der Waals surface area contributed by atoms with Gasteiger partial charge in [-0.15, -0.1) is 11.3 Å². The van der Waals surface area contributed by atoms with Crippen LogP contribution in [0.1, 0.15) is 20.1 Å². The normalized spacial score (nSPS) is 10.6. The quantitative estimate of drug-likeness (QED) is 0.585. The number of thiophene rings is 1. The van der Waals surface area contributed by atoms with E-state index in [4.69, 9.17) is 10.8 Å². The monoisotopic (exact) mass is 297 g/mol. The molecule has 0 aromatic carbocycles. The minimum absolute atomic E-state index is 0.166. The first kappa shape index (κ1) is 13.6. The molecule has 0 aliphatic carbocycles. The van der Waals surface area contributed by atoms with Crippen molar-refractivity contribution >= 4 is 34.9 Å². The van der Waals surface area contributed by atoms with Gasteiger partial charge in [0.25, 0.3) is 5.56 Å². The van der Waals surface area contributed by atoms with Gasteiger partial charge in [-0.2, -0.15) is 0 Å². The van der Waals surface area contributed by atoms with Crippen LogP contribution >= 0.6 is 23.1 Å². The molecule has 4 N–H and O–H groups in total. The molecule has 0 fully saturated rings. The van der Waals surface area contributed by atoms with Gasteiger partial charge in [0, 0.05) is 16.7 Å². The molecule has 2 aromatic rings. The Morgan fingerprint density at radius 3 is 2.89 bits per heavy atom. The maximum absolute atomic E-state index is 11.2. The number of carboxylic acid groups (broad SMARTS) is 1. The Morgan fingerprint density at radius 2 is 2.32 bits per heavy atom. The minimum Gasteiger partial charge on any atom is -0.477 e. The van der Waals surface area contributed by atoms with E-state index in [9.17, 15) is 9.59 Å². The molecule has 0 spiro atoms. The summed E-state index contributed by atoms with van der Waals surface area (Å²) in [5.41, 5.74) is 6.09. The Hall–Kier alpha value is -1.80. The number of thioether (sulfide) groups is 1. The second-order valence-electron chi connectivity index (χ2n) is 3.76. The van der Waals surface area contributed by atoms with Crippen LogP contribution in [-0.4, -0.2) is 21.0 Å². The van der Waals surface area contributed by atoms with Crippen LogP contribution in [0.15, 0.2) is 22.1 Å². The Balaban J connectivity index is 2.14. The van der Waals surface area contributed by atoms with E-state index in [1.165, 1.54) is 29.2 Å². The summed E-state index contributed by atoms with van der Waals surface area (Å²) in [6.45, 7) is 1.86. The van der Waals surface area contributed by atoms with E-state index in [2.05, 4.69) is 9.97 Å². The summed E-state index contributed by atoms with van der Waals surface area (Å²) < 4.78 is 0. The van der Waals surface area contributed by atoms with E-state index < -0.39 is 5.97 Å². The first-order valence-electron chi connectivity index (χ1n) is 5.28. The van der Waals surface area contributed by atoms with Crippen LogP contribution < -0.4 is 11.3 Å². The summed E-state index contributed by atoms with van der Waals surface area (Å²) in [4.78, 5) is 29.9. The molecule has 0 atom stereocenters. The standard InChI is InChI=1S/C11H11N3O3S2/c1-5-6(2-7(19-5)10(16)17)4-18-11-13-8(12)3-9(15)14-11/h2-3H,4H2,1H3,(H,16,17)(H3,12,13,14,15). The average Bonchev–Trinajstić information content (AvgIpc) is 2.67. The second kappa shape index (κ2) is 5.45. The Morgan fingerprint density at radius 1 is 1.58 bits per heavy atom. The first-order valence-corrected chi connectivity index (χ1v) is 7.08. The van der Waals surface area contributed by atoms with Crippen molar-refractivity contribution < 1.29 is 9.90 Å². The number of nitrogen functional groups attached to an aromatic ring is 1. The highest BCUT2D eigenvalue weighted by Gasteiger charge is 2.11. The number of nitrogens with one attached hydrogen (secondary N) is 1. The van der Waals surface area contributed by atoms with Gasteiger partial charge in [0.15, 0.2) is 5.16 Å². The smallest absolute Gasteiger partial charge is 0.345 e. The van der Waals surface area contributed by atoms with E-state index in [0.29, 0.717) is 15.8 Å². The third kappa shape index (κ3) is 3.36. The molecule has 0 aliphatic rings. The summed E-state index contributed by atoms with van der Waals surface area (Å²) in [7, 11) is 0. The van der Waals surface area contributed by atoms with Gasteiger partial charge >= 0.3 is 5.97 Å². The SMILES string of the molecule is Cc1sc(C(=O)O)cc1CSc1nc(N)cc(=O)[nH]1. The topological polar surface area (TPSA) is 109 Å². The fourth-order valence-electron chi connectivity index (χ4n) is 1.44. The van der Waals surface area contributed by atoms with Gasteiger partial charge < -0.3 is 15.8 Å². The van der Waals surface area contributed by atoms with Crippen LogP contribution in [0.2, 0.25) is 0 Å². The Kier molecular flexibility index (Phi) is 3.91. The molecule has 0 amide bonds. The van der Waals surface area contributed by atoms with E-state index in [0.717, 1.165) is 10.4 Å². The number of hydrogen-bond donors (Lipinski definition) is 3. The molecule has 8 heteroatoms. The van der Waals surface area contributed by atoms with Crippen LogP contribution in [0.3, 0.4) is 0 Å². The van der Waals surface area contributed by atoms with E-state index in [-0.39, 0.29) is 11.4 Å². The minimum atomic E-state index is -0.931. The van der Waals surface area contributed by atoms with Gasteiger partial charge in [-0.05, 0) is 18.6 Å². The van der Waals surface area contributed by atoms with Crippen molar-refractivity contribution in [3.63, 3.8) is 0 Å². The lowest BCUT2D eigenvalue weighted by Crippen LogP contribution is -2.09. The molecule has 0 saturated heterocycles. The van der Waals surface area contributed by atoms with Gasteiger partial charge in [-0.25, -0.2) is 9.78 Å². The number of aromatic amines is 1. The predicted molar refractivity (Wildman–Crippen MR) is 74.8 cm³/mol. The molecule has 0 unspecified atom stereocenters. The van der Waals surface area contributed by atoms with E-state index in [1.807, 2.05) is 6.92 Å². The molecule has 0 saturated carbocycles. The van der Waals surface area contributed by atoms with Crippen molar-refractivity contribution in [3.8, 4) is 0 Å². The zero-order valence-electron chi connectivity index (χ0n) is 9.97. The van der Waals surface area contributed by atoms with Crippen LogP contribution in [0.4, 0.5) is 5.82 Å². The number of hydrogen-bond acceptors (Lipinski definition) is 6. The molecular weight excluding hydrogens is 286 g/mol. The third-order valence-corrected chi connectivity index (χ3v) is 4.34. The summed E-state index contributed by atoms with van der Waals surface area (Å²) in [6.07, 6.45) is 0. The average molecular weight is 297 g/mol. The lowest BCUT2D eigenvalue weighted by atomic mass is 10.3. The highest BCUT2D eigenvalue weighted by Crippen LogP contribution is 2.27. The number of aromatic carboxylic acids is 1. The van der Waals surface area contributed by atoms with Gasteiger partial charge in [0.1, 0.15) is 10.7 Å². The lowest BCUT2D eigenvalue weighted by molar-refractivity contribution is 0.0702. The molecular formula is C11H11N3O3S2. The first-order chi connectivity index (χ1) is 8.95. The molecule has 100 valence electrons. The van der Waals surface area contributed by atoms with Crippen LogP contribution in [-0.2, 0) is 5.75 Å². The maximum Gasteiger partial charge on any atom is 0.345 e. The molecule has 6 nitrogen and oxygen atoms in total. The van der Waals surface area contributed by atoms with Gasteiger partial charge in [0.2, 0.25) is 0 Å². The number of carboxylic acids is 1. The second-order valence-corrected chi connectivity index (χ2v) is 5.98. The van der Waals surface area contributed by atoms with E-state index in [1.54, 1.807) is 6.07 Å². The molecule has 19 heavy (non-hydrogen) atoms. The number of nitrogens with zero attached hydrogens (tertiary/aromatic N) is 1. The molecule has 0 radical (unpaired) electrons. The number of rotatable bonds is 4. The number of aryl methyl sites for hydroxylation is 1. The van der Waals surface area contributed by atoms with Gasteiger partial charge in [-0.1, -0.05) is 11.8 Å². The number of carbonyl (C=O) groups is 1. The summed E-state index contributed by atoms with van der Waals surface area (Å²) in [5.74, 6) is -0.235. The summed E-state index contributed by atoms with van der Waals surface area (Å²) in [5, 5.41) is 9.33. The number of aromatic nitrogens is 2. The molecule has 2 heterocycles. The van der Waals surface area contributed by atoms with Crippen molar-refractivity contribution in [2.45, 2.75) is 17.8 Å². The van der Waals surface area contributed by atoms with Crippen molar-refractivity contribution in [1.29, 1.82) is 0 Å². The number of anilines is 1. The summed E-state index contributed by atoms with van der Waals surface area (Å²) >= 11 is 2.54. The van der Waals surface area contributed by atoms with Crippen molar-refractivity contribution in [3.05, 3.63) is 37.8 Å². The van der Waals surface area contributed by atoms with Crippen molar-refractivity contribution in [1.82, 2.24) is 9.97 Å². The zero-order valence-corrected chi connectivity index (χ0v) is 11.6. The molecule has 0 bridgehead atoms. The number of H-pyrrole nitrogens is 1. The Bertz CT molecular complexity index is 678. The lowest BCUT2D eigenvalue weighted by Gasteiger charge is -2.01. The highest BCUT2D eigenvalue weighted by atomic mass is 32.2.